The van der Waals surface area contributed by atoms with Gasteiger partial charge < -0.3 is 16.4 Å². The van der Waals surface area contributed by atoms with Crippen molar-refractivity contribution in [1.29, 1.82) is 0 Å². The van der Waals surface area contributed by atoms with Gasteiger partial charge in [0, 0.05) is 6.54 Å². The molecule has 0 radical (unpaired) electrons. The number of hydrogen-bond acceptors (Lipinski definition) is 6. The minimum absolute atomic E-state index is 0.773. The van der Waals surface area contributed by atoms with E-state index < -0.39 is 0 Å². The van der Waals surface area contributed by atoms with E-state index >= 15 is 0 Å². The van der Waals surface area contributed by atoms with E-state index in [1.165, 1.54) is 12.8 Å². The Balaban J connectivity index is 2.83. The topological polar surface area (TPSA) is 97.4 Å². The quantitative estimate of drug-likeness (QED) is 0.208. The van der Waals surface area contributed by atoms with E-state index in [0.717, 1.165) is 52.1 Å². The number of unbranched alkanes of at least 4 members (excludes halogenated alkanes) is 1. The zero-order valence-corrected chi connectivity index (χ0v) is 10.1. The highest BCUT2D eigenvalue weighted by atomic mass is 16.8. The second kappa shape index (κ2) is 14.8. The van der Waals surface area contributed by atoms with E-state index in [1.54, 1.807) is 0 Å². The molecule has 0 fully saturated rings. The monoisotopic (exact) mass is 233 g/mol. The van der Waals surface area contributed by atoms with Crippen LogP contribution < -0.4 is 27.7 Å². The molecule has 0 saturated carbocycles. The van der Waals surface area contributed by atoms with Crippen LogP contribution in [0.3, 0.4) is 0 Å². The fourth-order valence-corrected chi connectivity index (χ4v) is 1.32. The number of nitrogens with one attached hydrogen (secondary N) is 3. The molecule has 0 spiro atoms. The number of nitrogens with two attached hydrogens (primary N) is 2. The molecule has 0 aliphatic heterocycles. The Hall–Kier alpha value is -0.240. The maximum absolute atomic E-state index is 5.39. The lowest BCUT2D eigenvalue weighted by atomic mass is 10.3. The van der Waals surface area contributed by atoms with Crippen LogP contribution in [0.2, 0.25) is 0 Å². The summed E-state index contributed by atoms with van der Waals surface area (Å²) in [5.74, 6) is 4.81. The van der Waals surface area contributed by atoms with Gasteiger partial charge in [-0.1, -0.05) is 0 Å². The Bertz CT molecular complexity index is 112. The summed E-state index contributed by atoms with van der Waals surface area (Å²) in [6.07, 6.45) is 4.50. The Morgan fingerprint density at radius 1 is 0.750 bits per heavy atom. The van der Waals surface area contributed by atoms with Crippen molar-refractivity contribution in [2.24, 2.45) is 11.6 Å². The lowest BCUT2D eigenvalue weighted by Gasteiger charge is -2.05. The van der Waals surface area contributed by atoms with Crippen LogP contribution in [0.4, 0.5) is 0 Å². The second-order valence-electron chi connectivity index (χ2n) is 3.72. The summed E-state index contributed by atoms with van der Waals surface area (Å²) >= 11 is 0. The molecule has 16 heavy (non-hydrogen) atoms. The van der Waals surface area contributed by atoms with Gasteiger partial charge in [0.15, 0.2) is 0 Å². The van der Waals surface area contributed by atoms with Crippen molar-refractivity contribution in [3.05, 3.63) is 0 Å². The first-order valence-corrected chi connectivity index (χ1v) is 6.12. The van der Waals surface area contributed by atoms with E-state index in [0.29, 0.717) is 0 Å². The Kier molecular flexibility index (Phi) is 14.5. The van der Waals surface area contributed by atoms with Crippen LogP contribution in [-0.2, 0) is 4.94 Å². The van der Waals surface area contributed by atoms with Gasteiger partial charge in [-0.2, -0.15) is 11.4 Å². The molecule has 0 aliphatic rings. The van der Waals surface area contributed by atoms with E-state index in [9.17, 15) is 0 Å². The van der Waals surface area contributed by atoms with Gasteiger partial charge in [-0.15, -0.1) is 0 Å². The molecule has 6 heteroatoms. The summed E-state index contributed by atoms with van der Waals surface area (Å²) in [5, 5.41) is 6.72. The first-order chi connectivity index (χ1) is 7.91. The van der Waals surface area contributed by atoms with Crippen LogP contribution in [0.25, 0.3) is 0 Å². The second-order valence-corrected chi connectivity index (χ2v) is 3.72. The Morgan fingerprint density at radius 2 is 1.31 bits per heavy atom. The first kappa shape index (κ1) is 15.8. The largest absolute Gasteiger partial charge is 0.330 e. The van der Waals surface area contributed by atoms with Crippen LogP contribution in [0.5, 0.6) is 0 Å². The normalized spacial score (nSPS) is 10.9. The van der Waals surface area contributed by atoms with Crippen molar-refractivity contribution in [2.75, 3.05) is 39.3 Å². The summed E-state index contributed by atoms with van der Waals surface area (Å²) in [7, 11) is 0. The molecule has 0 unspecified atom stereocenters. The van der Waals surface area contributed by atoms with Crippen molar-refractivity contribution in [2.45, 2.75) is 25.7 Å². The fourth-order valence-electron chi connectivity index (χ4n) is 1.32. The zero-order valence-electron chi connectivity index (χ0n) is 10.1. The highest BCUT2D eigenvalue weighted by Gasteiger charge is 1.90. The van der Waals surface area contributed by atoms with E-state index in [-0.39, 0.29) is 0 Å². The van der Waals surface area contributed by atoms with E-state index in [4.69, 9.17) is 11.6 Å². The third kappa shape index (κ3) is 13.8. The Labute approximate surface area is 98.4 Å². The molecule has 0 rings (SSSR count). The van der Waals surface area contributed by atoms with Gasteiger partial charge >= 0.3 is 0 Å². The predicted molar refractivity (Wildman–Crippen MR) is 66.5 cm³/mol. The number of hydrogen-bond donors (Lipinski definition) is 5. The van der Waals surface area contributed by atoms with Gasteiger partial charge in [-0.3, -0.25) is 0 Å². The number of hydroxylamine groups is 1. The van der Waals surface area contributed by atoms with Gasteiger partial charge in [0.25, 0.3) is 0 Å². The Morgan fingerprint density at radius 3 is 1.88 bits per heavy atom. The molecule has 0 heterocycles. The molecule has 0 amide bonds. The van der Waals surface area contributed by atoms with Gasteiger partial charge in [-0.25, -0.2) is 4.94 Å². The summed E-state index contributed by atoms with van der Waals surface area (Å²) < 4.78 is 0. The van der Waals surface area contributed by atoms with Gasteiger partial charge in [0.1, 0.15) is 0 Å². The van der Waals surface area contributed by atoms with Crippen molar-refractivity contribution in [3.63, 3.8) is 0 Å². The molecule has 98 valence electrons. The molecule has 0 aromatic rings. The molecule has 0 bridgehead atoms. The SMILES string of the molecule is NCCCNCCCCNCCCNON. The highest BCUT2D eigenvalue weighted by molar-refractivity contribution is 4.52. The summed E-state index contributed by atoms with van der Waals surface area (Å²) in [6.45, 7) is 5.75. The average molecular weight is 233 g/mol. The van der Waals surface area contributed by atoms with Crippen molar-refractivity contribution in [3.8, 4) is 0 Å². The van der Waals surface area contributed by atoms with Gasteiger partial charge in [-0.05, 0) is 58.4 Å². The van der Waals surface area contributed by atoms with Crippen molar-refractivity contribution >= 4 is 0 Å². The van der Waals surface area contributed by atoms with Crippen molar-refractivity contribution in [1.82, 2.24) is 16.1 Å². The highest BCUT2D eigenvalue weighted by Crippen LogP contribution is 1.85. The summed E-state index contributed by atoms with van der Waals surface area (Å²) in [6, 6.07) is 0. The lowest BCUT2D eigenvalue weighted by Crippen LogP contribution is -2.25. The molecule has 7 N–H and O–H groups in total. The molecule has 0 saturated heterocycles. The first-order valence-electron chi connectivity index (χ1n) is 6.12. The van der Waals surface area contributed by atoms with Crippen LogP contribution in [0.1, 0.15) is 25.7 Å². The number of rotatable bonds is 13. The van der Waals surface area contributed by atoms with Crippen LogP contribution in [-0.4, -0.2) is 39.3 Å². The van der Waals surface area contributed by atoms with Crippen molar-refractivity contribution < 1.29 is 4.94 Å². The van der Waals surface area contributed by atoms with E-state index in [2.05, 4.69) is 21.1 Å². The molecule has 0 aromatic heterocycles. The molecule has 0 atom stereocenters. The molecule has 0 aliphatic carbocycles. The van der Waals surface area contributed by atoms with Crippen LogP contribution in [0.15, 0.2) is 0 Å². The maximum Gasteiger partial charge on any atom is 0.0241 e. The zero-order chi connectivity index (χ0) is 11.9. The summed E-state index contributed by atoms with van der Waals surface area (Å²) in [5.41, 5.74) is 7.98. The minimum Gasteiger partial charge on any atom is -0.330 e. The third-order valence-electron chi connectivity index (χ3n) is 2.23. The fraction of sp³-hybridized carbons (Fsp3) is 1.00. The lowest BCUT2D eigenvalue weighted by molar-refractivity contribution is 0.0405. The smallest absolute Gasteiger partial charge is 0.0241 e. The third-order valence-corrected chi connectivity index (χ3v) is 2.23. The summed E-state index contributed by atoms with van der Waals surface area (Å²) in [4.78, 5) is 4.24. The molecular weight excluding hydrogens is 206 g/mol. The van der Waals surface area contributed by atoms with E-state index in [1.807, 2.05) is 0 Å². The maximum atomic E-state index is 5.39. The minimum atomic E-state index is 0.773. The molecule has 6 nitrogen and oxygen atoms in total. The van der Waals surface area contributed by atoms with Crippen LogP contribution >= 0.6 is 0 Å². The average Bonchev–Trinajstić information content (AvgIpc) is 2.31. The van der Waals surface area contributed by atoms with Crippen LogP contribution in [0, 0.1) is 0 Å². The van der Waals surface area contributed by atoms with Gasteiger partial charge in [0.2, 0.25) is 0 Å². The molecule has 0 aromatic carbocycles. The predicted octanol–water partition coefficient (Wildman–Crippen LogP) is -0.920. The molecular formula is C10H27N5O. The van der Waals surface area contributed by atoms with Gasteiger partial charge in [0.05, 0.1) is 0 Å². The standard InChI is InChI=1S/C10H27N5O/c11-5-3-8-13-6-1-2-7-14-9-4-10-15-16-12/h13-15H,1-12H2.